The summed E-state index contributed by atoms with van der Waals surface area (Å²) in [5.41, 5.74) is 3.43. The Morgan fingerprint density at radius 3 is 1.23 bits per heavy atom. The van der Waals surface area contributed by atoms with Crippen LogP contribution in [0.4, 0.5) is 0 Å². The van der Waals surface area contributed by atoms with Gasteiger partial charge in [0, 0.05) is 97.5 Å². The Bertz CT molecular complexity index is 1090. The number of carbonyl (C=O) groups excluding carboxylic acids is 2. The summed E-state index contributed by atoms with van der Waals surface area (Å²) < 4.78 is 0. The fraction of sp³-hybridized carbons (Fsp3) is 0.529. The zero-order valence-electron chi connectivity index (χ0n) is 25.8. The van der Waals surface area contributed by atoms with Crippen LogP contribution in [0.5, 0.6) is 0 Å². The number of carbonyl (C=O) groups is 2. The van der Waals surface area contributed by atoms with E-state index >= 15 is 0 Å². The van der Waals surface area contributed by atoms with E-state index in [0.29, 0.717) is 58.8 Å². The molecule has 6 nitrogen and oxygen atoms in total. The van der Waals surface area contributed by atoms with Crippen molar-refractivity contribution in [1.29, 1.82) is 0 Å². The van der Waals surface area contributed by atoms with Gasteiger partial charge < -0.3 is 9.80 Å². The van der Waals surface area contributed by atoms with E-state index in [4.69, 9.17) is 0 Å². The zero-order valence-corrected chi connectivity index (χ0v) is 25.8. The summed E-state index contributed by atoms with van der Waals surface area (Å²) in [4.78, 5) is 40.7. The van der Waals surface area contributed by atoms with Crippen LogP contribution in [0.3, 0.4) is 0 Å². The molecule has 0 aromatic rings. The van der Waals surface area contributed by atoms with E-state index in [2.05, 4.69) is 75.2 Å². The van der Waals surface area contributed by atoms with Crippen LogP contribution in [0.2, 0.25) is 0 Å². The summed E-state index contributed by atoms with van der Waals surface area (Å²) in [6.07, 6.45) is 16.0. The number of nitrogens with zero attached hydrogens (tertiary/aromatic N) is 4. The largest absolute Gasteiger partial charge is 0.376 e. The van der Waals surface area contributed by atoms with Crippen LogP contribution in [0.15, 0.2) is 81.4 Å². The highest BCUT2D eigenvalue weighted by Gasteiger charge is 2.37. The molecule has 0 N–H and O–H groups in total. The molecule has 3 aliphatic rings. The number of aliphatic imine (C=N–C) groups is 2. The van der Waals surface area contributed by atoms with E-state index in [0.717, 1.165) is 37.6 Å². The monoisotopic (exact) mass is 544 g/mol. The lowest BCUT2D eigenvalue weighted by molar-refractivity contribution is -0.117. The maximum Gasteiger partial charge on any atom is 0.194 e. The Hall–Kier alpha value is -3.28. The van der Waals surface area contributed by atoms with Crippen molar-refractivity contribution in [2.24, 2.45) is 33.7 Å². The molecule has 0 radical (unpaired) electrons. The lowest BCUT2D eigenvalue weighted by Gasteiger charge is -2.26. The lowest BCUT2D eigenvalue weighted by Crippen LogP contribution is -2.30. The highest BCUT2D eigenvalue weighted by Crippen LogP contribution is 2.35. The van der Waals surface area contributed by atoms with Crippen LogP contribution in [-0.2, 0) is 9.59 Å². The second kappa shape index (κ2) is 14.4. The third kappa shape index (κ3) is 8.87. The number of hydrogen-bond acceptors (Lipinski definition) is 6. The van der Waals surface area contributed by atoms with Gasteiger partial charge in [0.25, 0.3) is 0 Å². The van der Waals surface area contributed by atoms with Crippen LogP contribution >= 0.6 is 0 Å². The molecular weight excluding hydrogens is 496 g/mol. The maximum absolute atomic E-state index is 13.4. The molecule has 0 aromatic carbocycles. The highest BCUT2D eigenvalue weighted by atomic mass is 16.1. The fourth-order valence-corrected chi connectivity index (χ4v) is 5.23. The quantitative estimate of drug-likeness (QED) is 0.274. The number of fused-ring (bicyclic) bond motifs is 2. The molecule has 0 unspecified atom stereocenters. The molecule has 0 spiro atoms. The number of allylic oxidation sites excluding steroid dienone is 8. The summed E-state index contributed by atoms with van der Waals surface area (Å²) in [5.74, 6) is 2.01. The van der Waals surface area contributed by atoms with Gasteiger partial charge in [0.15, 0.2) is 11.6 Å². The molecule has 0 bridgehead atoms. The van der Waals surface area contributed by atoms with Gasteiger partial charge in [-0.2, -0.15) is 0 Å². The summed E-state index contributed by atoms with van der Waals surface area (Å²) >= 11 is 0. The zero-order chi connectivity index (χ0) is 29.4. The molecule has 1 fully saturated rings. The van der Waals surface area contributed by atoms with E-state index in [9.17, 15) is 9.59 Å². The Morgan fingerprint density at radius 2 is 0.925 bits per heavy atom. The van der Waals surface area contributed by atoms with Crippen molar-refractivity contribution >= 4 is 23.0 Å². The molecule has 0 aliphatic heterocycles. The second-order valence-electron chi connectivity index (χ2n) is 12.7. The number of ketones is 2. The normalized spacial score (nSPS) is 19.7. The second-order valence-corrected chi connectivity index (χ2v) is 12.7. The van der Waals surface area contributed by atoms with Gasteiger partial charge in [0.2, 0.25) is 0 Å². The van der Waals surface area contributed by atoms with Crippen molar-refractivity contribution < 1.29 is 9.59 Å². The van der Waals surface area contributed by atoms with Crippen molar-refractivity contribution in [3.05, 3.63) is 71.4 Å². The topological polar surface area (TPSA) is 65.3 Å². The summed E-state index contributed by atoms with van der Waals surface area (Å²) in [5, 5.41) is 0. The van der Waals surface area contributed by atoms with Crippen LogP contribution in [-0.4, -0.2) is 59.0 Å². The van der Waals surface area contributed by atoms with E-state index < -0.39 is 0 Å². The third-order valence-corrected chi connectivity index (χ3v) is 6.65. The highest BCUT2D eigenvalue weighted by molar-refractivity contribution is 6.37. The molecule has 6 heteroatoms. The number of hydrogen-bond donors (Lipinski definition) is 0. The molecular formula is C34H48N4O2. The minimum atomic E-state index is -0.107. The first-order chi connectivity index (χ1) is 18.9. The maximum atomic E-state index is 13.4. The van der Waals surface area contributed by atoms with Crippen molar-refractivity contribution in [2.45, 2.75) is 68.2 Å². The predicted molar refractivity (Wildman–Crippen MR) is 167 cm³/mol. The van der Waals surface area contributed by atoms with Gasteiger partial charge in [-0.05, 0) is 35.8 Å². The van der Waals surface area contributed by atoms with Gasteiger partial charge in [0.1, 0.15) is 0 Å². The van der Waals surface area contributed by atoms with E-state index in [1.165, 1.54) is 0 Å². The van der Waals surface area contributed by atoms with Gasteiger partial charge >= 0.3 is 0 Å². The first-order valence-corrected chi connectivity index (χ1v) is 14.8. The molecule has 0 amide bonds. The summed E-state index contributed by atoms with van der Waals surface area (Å²) in [6, 6.07) is 0. The van der Waals surface area contributed by atoms with Crippen molar-refractivity contribution in [3.63, 3.8) is 0 Å². The Kier molecular flexibility index (Phi) is 11.2. The fourth-order valence-electron chi connectivity index (χ4n) is 5.23. The van der Waals surface area contributed by atoms with E-state index in [1.807, 2.05) is 37.0 Å². The van der Waals surface area contributed by atoms with Gasteiger partial charge in [0.05, 0.1) is 0 Å². The van der Waals surface area contributed by atoms with Gasteiger partial charge in [-0.3, -0.25) is 19.6 Å². The van der Waals surface area contributed by atoms with Crippen LogP contribution in [0.25, 0.3) is 0 Å². The summed E-state index contributed by atoms with van der Waals surface area (Å²) in [6.45, 7) is 21.5. The minimum absolute atomic E-state index is 0.107. The molecule has 3 aliphatic carbocycles. The van der Waals surface area contributed by atoms with Crippen molar-refractivity contribution in [3.8, 4) is 0 Å². The molecule has 0 saturated heterocycles. The van der Waals surface area contributed by atoms with Crippen molar-refractivity contribution in [2.75, 3.05) is 26.2 Å². The van der Waals surface area contributed by atoms with Crippen LogP contribution < -0.4 is 0 Å². The summed E-state index contributed by atoms with van der Waals surface area (Å²) in [7, 11) is 0. The van der Waals surface area contributed by atoms with Gasteiger partial charge in [-0.25, -0.2) is 0 Å². The first-order valence-electron chi connectivity index (χ1n) is 14.8. The first kappa shape index (κ1) is 31.3. The molecule has 1 saturated carbocycles. The van der Waals surface area contributed by atoms with Crippen LogP contribution in [0.1, 0.15) is 68.2 Å². The third-order valence-electron chi connectivity index (χ3n) is 6.65. The van der Waals surface area contributed by atoms with Crippen LogP contribution in [0, 0.1) is 23.7 Å². The van der Waals surface area contributed by atoms with E-state index in [1.54, 1.807) is 12.2 Å². The molecule has 0 aromatic heterocycles. The van der Waals surface area contributed by atoms with Gasteiger partial charge in [-0.15, -0.1) is 0 Å². The van der Waals surface area contributed by atoms with E-state index in [-0.39, 0.29) is 11.6 Å². The molecule has 0 atom stereocenters. The van der Waals surface area contributed by atoms with Gasteiger partial charge in [-0.1, -0.05) is 67.5 Å². The molecule has 216 valence electrons. The smallest absolute Gasteiger partial charge is 0.194 e. The molecule has 40 heavy (non-hydrogen) atoms. The minimum Gasteiger partial charge on any atom is -0.376 e. The predicted octanol–water partition coefficient (Wildman–Crippen LogP) is 6.70. The molecule has 3 rings (SSSR count). The number of Topliss-reactive ketones (excluding diaryl/α,β-unsaturated/α-hetero) is 2. The molecule has 0 heterocycles. The van der Waals surface area contributed by atoms with Crippen molar-refractivity contribution in [1.82, 2.24) is 9.80 Å². The average molecular weight is 545 g/mol. The Morgan fingerprint density at radius 1 is 0.600 bits per heavy atom. The Labute approximate surface area is 241 Å². The Balaban J connectivity index is 1.76. The SMILES string of the molecule is CC(C)CN(C=CN=C1C=C2C(=O)C3=CCC(=NC=CN(CC(C)C)CC(C)C)C=C3C(=O)C2=CC1)CC(C)C. The average Bonchev–Trinajstić information content (AvgIpc) is 2.85. The standard InChI is InChI=1S/C34H48N4O2/c1-23(2)19-37(20-24(3)4)15-13-35-27-9-11-29-31(17-27)33(39)30-12-10-28(18-32(30)34(29)40)36-14-16-38(21-25(5)6)22-26(7)8/h11-18,23-26H,9-10,19-22H2,1-8H3. The lowest BCUT2D eigenvalue weighted by atomic mass is 9.75. The number of rotatable bonds is 12.